The van der Waals surface area contributed by atoms with E-state index in [1.165, 1.54) is 4.90 Å². The standard InChI is InChI=1S/C7H13NO2/c1-6-3-2-4-8(5-9)7(6)10/h6,9H,2-5H2,1H3. The van der Waals surface area contributed by atoms with Crippen molar-refractivity contribution in [2.24, 2.45) is 5.92 Å². The molecule has 58 valence electrons. The normalized spacial score (nSPS) is 27.2. The van der Waals surface area contributed by atoms with Gasteiger partial charge in [0.05, 0.1) is 0 Å². The van der Waals surface area contributed by atoms with Crippen molar-refractivity contribution in [1.82, 2.24) is 4.90 Å². The summed E-state index contributed by atoms with van der Waals surface area (Å²) in [5, 5.41) is 8.68. The van der Waals surface area contributed by atoms with Gasteiger partial charge in [0, 0.05) is 12.5 Å². The van der Waals surface area contributed by atoms with E-state index in [0.717, 1.165) is 19.4 Å². The lowest BCUT2D eigenvalue weighted by Gasteiger charge is -2.28. The molecule has 0 radical (unpaired) electrons. The number of hydrogen-bond acceptors (Lipinski definition) is 2. The highest BCUT2D eigenvalue weighted by Gasteiger charge is 2.23. The fraction of sp³-hybridized carbons (Fsp3) is 0.857. The maximum absolute atomic E-state index is 11.1. The molecule has 0 aromatic carbocycles. The Morgan fingerprint density at radius 3 is 3.00 bits per heavy atom. The number of piperidine rings is 1. The van der Waals surface area contributed by atoms with Crippen molar-refractivity contribution in [3.8, 4) is 0 Å². The number of hydrogen-bond donors (Lipinski definition) is 1. The van der Waals surface area contributed by atoms with Crippen LogP contribution >= 0.6 is 0 Å². The van der Waals surface area contributed by atoms with Crippen molar-refractivity contribution in [2.45, 2.75) is 19.8 Å². The van der Waals surface area contributed by atoms with Crippen LogP contribution < -0.4 is 0 Å². The number of carbonyl (C=O) groups excluding carboxylic acids is 1. The lowest BCUT2D eigenvalue weighted by Crippen LogP contribution is -2.40. The third kappa shape index (κ3) is 1.29. The summed E-state index contributed by atoms with van der Waals surface area (Å²) in [5.74, 6) is 0.203. The van der Waals surface area contributed by atoms with Crippen LogP contribution in [0.3, 0.4) is 0 Å². The predicted molar refractivity (Wildman–Crippen MR) is 37.2 cm³/mol. The van der Waals surface area contributed by atoms with Crippen molar-refractivity contribution in [3.05, 3.63) is 0 Å². The molecule has 0 aromatic heterocycles. The largest absolute Gasteiger partial charge is 0.376 e. The minimum absolute atomic E-state index is 0.0914. The first-order valence-electron chi connectivity index (χ1n) is 3.65. The zero-order chi connectivity index (χ0) is 7.56. The summed E-state index contributed by atoms with van der Waals surface area (Å²) in [6, 6.07) is 0. The highest BCUT2D eigenvalue weighted by atomic mass is 16.3. The number of carbonyl (C=O) groups is 1. The van der Waals surface area contributed by atoms with Crippen LogP contribution in [-0.4, -0.2) is 29.2 Å². The van der Waals surface area contributed by atoms with Gasteiger partial charge < -0.3 is 10.0 Å². The van der Waals surface area contributed by atoms with E-state index in [1.54, 1.807) is 0 Å². The third-order valence-corrected chi connectivity index (χ3v) is 1.97. The van der Waals surface area contributed by atoms with E-state index in [9.17, 15) is 4.79 Å². The molecule has 0 spiro atoms. The molecular weight excluding hydrogens is 130 g/mol. The van der Waals surface area contributed by atoms with Crippen molar-refractivity contribution >= 4 is 5.91 Å². The molecule has 1 unspecified atom stereocenters. The lowest BCUT2D eigenvalue weighted by atomic mass is 10.00. The third-order valence-electron chi connectivity index (χ3n) is 1.97. The Kier molecular flexibility index (Phi) is 2.27. The van der Waals surface area contributed by atoms with E-state index in [4.69, 9.17) is 5.11 Å². The van der Waals surface area contributed by atoms with Gasteiger partial charge in [0.25, 0.3) is 0 Å². The molecule has 0 bridgehead atoms. The van der Waals surface area contributed by atoms with E-state index in [-0.39, 0.29) is 18.6 Å². The number of amides is 1. The van der Waals surface area contributed by atoms with E-state index >= 15 is 0 Å². The van der Waals surface area contributed by atoms with Crippen LogP contribution in [-0.2, 0) is 4.79 Å². The highest BCUT2D eigenvalue weighted by molar-refractivity contribution is 5.78. The maximum atomic E-state index is 11.1. The number of aliphatic hydroxyl groups excluding tert-OH is 1. The van der Waals surface area contributed by atoms with Crippen LogP contribution in [0.2, 0.25) is 0 Å². The van der Waals surface area contributed by atoms with E-state index in [2.05, 4.69) is 0 Å². The summed E-state index contributed by atoms with van der Waals surface area (Å²) in [6.07, 6.45) is 1.99. The molecule has 1 aliphatic heterocycles. The molecule has 1 N–H and O–H groups in total. The molecule has 1 amide bonds. The van der Waals surface area contributed by atoms with Gasteiger partial charge in [-0.15, -0.1) is 0 Å². The molecule has 0 saturated carbocycles. The molecule has 1 atom stereocenters. The van der Waals surface area contributed by atoms with Gasteiger partial charge in [0.1, 0.15) is 6.73 Å². The molecule has 0 aliphatic carbocycles. The fourth-order valence-electron chi connectivity index (χ4n) is 1.27. The van der Waals surface area contributed by atoms with Gasteiger partial charge in [-0.1, -0.05) is 6.92 Å². The summed E-state index contributed by atoms with van der Waals surface area (Å²) in [7, 11) is 0. The van der Waals surface area contributed by atoms with Gasteiger partial charge in [-0.2, -0.15) is 0 Å². The first kappa shape index (κ1) is 7.54. The first-order chi connectivity index (χ1) is 4.75. The van der Waals surface area contributed by atoms with Crippen LogP contribution in [0.5, 0.6) is 0 Å². The van der Waals surface area contributed by atoms with Crippen LogP contribution in [0, 0.1) is 5.92 Å². The Hall–Kier alpha value is -0.570. The minimum atomic E-state index is -0.122. The van der Waals surface area contributed by atoms with Crippen molar-refractivity contribution in [1.29, 1.82) is 0 Å². The second-order valence-corrected chi connectivity index (χ2v) is 2.79. The lowest BCUT2D eigenvalue weighted by molar-refractivity contribution is -0.141. The molecule has 1 rings (SSSR count). The van der Waals surface area contributed by atoms with Gasteiger partial charge >= 0.3 is 0 Å². The number of rotatable bonds is 1. The molecule has 10 heavy (non-hydrogen) atoms. The fourth-order valence-corrected chi connectivity index (χ4v) is 1.27. The van der Waals surface area contributed by atoms with E-state index in [0.29, 0.717) is 0 Å². The Balaban J connectivity index is 2.51. The monoisotopic (exact) mass is 143 g/mol. The average molecular weight is 143 g/mol. The summed E-state index contributed by atoms with van der Waals surface area (Å²) in [4.78, 5) is 12.6. The quantitative estimate of drug-likeness (QED) is 0.569. The second kappa shape index (κ2) is 3.01. The Bertz CT molecular complexity index is 136. The number of nitrogens with zero attached hydrogens (tertiary/aromatic N) is 1. The smallest absolute Gasteiger partial charge is 0.227 e. The number of aliphatic hydroxyl groups is 1. The van der Waals surface area contributed by atoms with Crippen molar-refractivity contribution < 1.29 is 9.90 Å². The molecule has 1 fully saturated rings. The van der Waals surface area contributed by atoms with Gasteiger partial charge in [-0.3, -0.25) is 4.79 Å². The molecule has 0 aromatic rings. The van der Waals surface area contributed by atoms with E-state index < -0.39 is 0 Å². The first-order valence-corrected chi connectivity index (χ1v) is 3.65. The van der Waals surface area contributed by atoms with Crippen LogP contribution in [0.15, 0.2) is 0 Å². The Morgan fingerprint density at radius 2 is 2.50 bits per heavy atom. The Labute approximate surface area is 60.6 Å². The van der Waals surface area contributed by atoms with E-state index in [1.807, 2.05) is 6.92 Å². The zero-order valence-electron chi connectivity index (χ0n) is 6.21. The highest BCUT2D eigenvalue weighted by Crippen LogP contribution is 2.15. The van der Waals surface area contributed by atoms with Crippen LogP contribution in [0.25, 0.3) is 0 Å². The summed E-state index contributed by atoms with van der Waals surface area (Å²) >= 11 is 0. The molecule has 3 nitrogen and oxygen atoms in total. The topological polar surface area (TPSA) is 40.5 Å². The van der Waals surface area contributed by atoms with Crippen LogP contribution in [0.1, 0.15) is 19.8 Å². The zero-order valence-corrected chi connectivity index (χ0v) is 6.21. The van der Waals surface area contributed by atoms with Crippen molar-refractivity contribution in [2.75, 3.05) is 13.3 Å². The summed E-state index contributed by atoms with van der Waals surface area (Å²) in [6.45, 7) is 2.51. The molecular formula is C7H13NO2. The van der Waals surface area contributed by atoms with Gasteiger partial charge in [0.2, 0.25) is 5.91 Å². The average Bonchev–Trinajstić information content (AvgIpc) is 1.95. The van der Waals surface area contributed by atoms with Gasteiger partial charge in [-0.25, -0.2) is 0 Å². The SMILES string of the molecule is CC1CCCN(CO)C1=O. The Morgan fingerprint density at radius 1 is 1.80 bits per heavy atom. The van der Waals surface area contributed by atoms with Gasteiger partial charge in [-0.05, 0) is 12.8 Å². The molecule has 1 saturated heterocycles. The summed E-state index contributed by atoms with van der Waals surface area (Å²) in [5.41, 5.74) is 0. The maximum Gasteiger partial charge on any atom is 0.227 e. The second-order valence-electron chi connectivity index (χ2n) is 2.79. The predicted octanol–water partition coefficient (Wildman–Crippen LogP) is 0.195. The molecule has 1 heterocycles. The summed E-state index contributed by atoms with van der Waals surface area (Å²) < 4.78 is 0. The number of likely N-dealkylation sites (tertiary alicyclic amines) is 1. The minimum Gasteiger partial charge on any atom is -0.376 e. The van der Waals surface area contributed by atoms with Gasteiger partial charge in [0.15, 0.2) is 0 Å². The van der Waals surface area contributed by atoms with Crippen molar-refractivity contribution in [3.63, 3.8) is 0 Å². The molecule has 3 heteroatoms. The van der Waals surface area contributed by atoms with Crippen LogP contribution in [0.4, 0.5) is 0 Å². The molecule has 1 aliphatic rings.